The third kappa shape index (κ3) is 1.78. The predicted octanol–water partition coefficient (Wildman–Crippen LogP) is 3.80. The van der Waals surface area contributed by atoms with E-state index in [-0.39, 0.29) is 0 Å². The number of rotatable bonds is 2. The zero-order valence-electron chi connectivity index (χ0n) is 9.80. The average molecular weight is 303 g/mol. The molecule has 0 radical (unpaired) electrons. The summed E-state index contributed by atoms with van der Waals surface area (Å²) in [6.07, 6.45) is 1.83. The van der Waals surface area contributed by atoms with Crippen molar-refractivity contribution in [1.82, 2.24) is 9.55 Å². The van der Waals surface area contributed by atoms with E-state index in [2.05, 4.69) is 31.5 Å². The molecule has 0 saturated heterocycles. The van der Waals surface area contributed by atoms with Crippen molar-refractivity contribution in [2.45, 2.75) is 0 Å². The van der Waals surface area contributed by atoms with Gasteiger partial charge in [-0.3, -0.25) is 4.57 Å². The van der Waals surface area contributed by atoms with E-state index in [9.17, 15) is 0 Å². The molecule has 90 valence electrons. The first kappa shape index (κ1) is 11.3. The van der Waals surface area contributed by atoms with Gasteiger partial charge >= 0.3 is 0 Å². The van der Waals surface area contributed by atoms with Crippen LogP contribution in [0, 0.1) is 0 Å². The van der Waals surface area contributed by atoms with Crippen LogP contribution < -0.4 is 4.74 Å². The zero-order chi connectivity index (χ0) is 12.5. The summed E-state index contributed by atoms with van der Waals surface area (Å²) in [5, 5.41) is 0. The second-order valence-corrected chi connectivity index (χ2v) is 4.77. The lowest BCUT2D eigenvalue weighted by Crippen LogP contribution is -1.92. The van der Waals surface area contributed by atoms with Gasteiger partial charge in [0.05, 0.1) is 12.6 Å². The summed E-state index contributed by atoms with van der Waals surface area (Å²) in [5.74, 6) is 0.851. The normalized spacial score (nSPS) is 10.8. The summed E-state index contributed by atoms with van der Waals surface area (Å²) in [7, 11) is 1.67. The fourth-order valence-corrected chi connectivity index (χ4v) is 2.41. The summed E-state index contributed by atoms with van der Waals surface area (Å²) >= 11 is 3.51. The quantitative estimate of drug-likeness (QED) is 0.720. The molecule has 4 heteroatoms. The lowest BCUT2D eigenvalue weighted by atomic mass is 10.2. The first-order valence-electron chi connectivity index (χ1n) is 5.55. The molecule has 3 nitrogen and oxygen atoms in total. The van der Waals surface area contributed by atoms with Gasteiger partial charge in [0.15, 0.2) is 0 Å². The Morgan fingerprint density at radius 2 is 1.89 bits per heavy atom. The minimum Gasteiger partial charge on any atom is -0.497 e. The Kier molecular flexibility index (Phi) is 2.80. The second-order valence-electron chi connectivity index (χ2n) is 3.92. The molecular weight excluding hydrogens is 292 g/mol. The number of benzene rings is 2. The fraction of sp³-hybridized carbons (Fsp3) is 0.0714. The molecule has 0 fully saturated rings. The average Bonchev–Trinajstić information content (AvgIpc) is 2.84. The molecule has 0 saturated carbocycles. The van der Waals surface area contributed by atoms with E-state index in [1.54, 1.807) is 7.11 Å². The number of para-hydroxylation sites is 1. The zero-order valence-corrected chi connectivity index (χ0v) is 11.4. The van der Waals surface area contributed by atoms with Crippen LogP contribution in [0.3, 0.4) is 0 Å². The molecule has 0 bridgehead atoms. The molecule has 0 unspecified atom stereocenters. The van der Waals surface area contributed by atoms with Crippen LogP contribution in [-0.2, 0) is 0 Å². The lowest BCUT2D eigenvalue weighted by Gasteiger charge is -2.05. The Morgan fingerprint density at radius 1 is 1.11 bits per heavy atom. The van der Waals surface area contributed by atoms with E-state index in [4.69, 9.17) is 4.74 Å². The molecule has 0 aliphatic rings. The lowest BCUT2D eigenvalue weighted by molar-refractivity contribution is 0.415. The van der Waals surface area contributed by atoms with Gasteiger partial charge in [0, 0.05) is 10.2 Å². The highest BCUT2D eigenvalue weighted by Crippen LogP contribution is 2.25. The van der Waals surface area contributed by atoms with Crippen LogP contribution >= 0.6 is 15.9 Å². The number of imidazole rings is 1. The third-order valence-electron chi connectivity index (χ3n) is 2.88. The van der Waals surface area contributed by atoms with Gasteiger partial charge in [0.2, 0.25) is 0 Å². The molecule has 1 aromatic heterocycles. The fourth-order valence-electron chi connectivity index (χ4n) is 1.95. The Hall–Kier alpha value is -1.81. The summed E-state index contributed by atoms with van der Waals surface area (Å²) in [6, 6.07) is 14.0. The molecule has 3 aromatic rings. The van der Waals surface area contributed by atoms with E-state index in [1.807, 2.05) is 42.7 Å². The van der Waals surface area contributed by atoms with E-state index in [1.165, 1.54) is 0 Å². The van der Waals surface area contributed by atoms with E-state index < -0.39 is 0 Å². The third-order valence-corrected chi connectivity index (χ3v) is 3.52. The predicted molar refractivity (Wildman–Crippen MR) is 75.3 cm³/mol. The van der Waals surface area contributed by atoms with Crippen LogP contribution in [0.2, 0.25) is 0 Å². The number of methoxy groups -OCH3 is 1. The van der Waals surface area contributed by atoms with Crippen molar-refractivity contribution in [2.24, 2.45) is 0 Å². The molecule has 0 spiro atoms. The molecule has 18 heavy (non-hydrogen) atoms. The van der Waals surface area contributed by atoms with Crippen molar-refractivity contribution in [3.8, 4) is 11.4 Å². The van der Waals surface area contributed by atoms with Crippen molar-refractivity contribution >= 4 is 27.0 Å². The number of fused-ring (bicyclic) bond motifs is 1. The maximum absolute atomic E-state index is 5.16. The van der Waals surface area contributed by atoms with Gasteiger partial charge in [-0.2, -0.15) is 0 Å². The Morgan fingerprint density at radius 3 is 2.61 bits per heavy atom. The molecule has 2 aromatic carbocycles. The molecule has 0 amide bonds. The first-order chi connectivity index (χ1) is 8.79. The van der Waals surface area contributed by atoms with Crippen molar-refractivity contribution in [3.05, 3.63) is 53.3 Å². The van der Waals surface area contributed by atoms with Gasteiger partial charge in [0.25, 0.3) is 0 Å². The number of hydrogen-bond donors (Lipinski definition) is 0. The molecule has 3 rings (SSSR count). The highest BCUT2D eigenvalue weighted by Gasteiger charge is 2.06. The first-order valence-corrected chi connectivity index (χ1v) is 6.35. The molecule has 1 heterocycles. The standard InChI is InChI=1S/C14H11BrN2O/c1-18-11-7-5-10(6-8-11)17-9-16-14-12(15)3-2-4-13(14)17/h2-9H,1H3. The topological polar surface area (TPSA) is 27.1 Å². The minimum absolute atomic E-state index is 0.851. The molecule has 0 aliphatic heterocycles. The van der Waals surface area contributed by atoms with Crippen LogP contribution in [0.15, 0.2) is 53.3 Å². The molecule has 0 N–H and O–H groups in total. The maximum Gasteiger partial charge on any atom is 0.119 e. The Labute approximate surface area is 113 Å². The number of aromatic nitrogens is 2. The van der Waals surface area contributed by atoms with Gasteiger partial charge in [-0.25, -0.2) is 4.98 Å². The van der Waals surface area contributed by atoms with Crippen molar-refractivity contribution in [3.63, 3.8) is 0 Å². The number of nitrogens with zero attached hydrogens (tertiary/aromatic N) is 2. The summed E-state index contributed by atoms with van der Waals surface area (Å²) in [4.78, 5) is 4.42. The Bertz CT molecular complexity index is 689. The molecule has 0 aliphatic carbocycles. The van der Waals surface area contributed by atoms with Crippen LogP contribution in [0.5, 0.6) is 5.75 Å². The largest absolute Gasteiger partial charge is 0.497 e. The van der Waals surface area contributed by atoms with E-state index in [0.29, 0.717) is 0 Å². The second kappa shape index (κ2) is 4.46. The number of ether oxygens (including phenoxy) is 1. The van der Waals surface area contributed by atoms with Crippen LogP contribution in [0.1, 0.15) is 0 Å². The van der Waals surface area contributed by atoms with Gasteiger partial charge in [-0.1, -0.05) is 6.07 Å². The Balaban J connectivity index is 2.16. The monoisotopic (exact) mass is 302 g/mol. The maximum atomic E-state index is 5.16. The van der Waals surface area contributed by atoms with Gasteiger partial charge in [-0.15, -0.1) is 0 Å². The van der Waals surface area contributed by atoms with Gasteiger partial charge < -0.3 is 4.74 Å². The summed E-state index contributed by atoms with van der Waals surface area (Å²) in [6.45, 7) is 0. The number of halogens is 1. The van der Waals surface area contributed by atoms with Crippen molar-refractivity contribution in [1.29, 1.82) is 0 Å². The van der Waals surface area contributed by atoms with Crippen molar-refractivity contribution < 1.29 is 4.74 Å². The summed E-state index contributed by atoms with van der Waals surface area (Å²) < 4.78 is 8.22. The van der Waals surface area contributed by atoms with Crippen molar-refractivity contribution in [2.75, 3.05) is 7.11 Å². The number of hydrogen-bond acceptors (Lipinski definition) is 2. The van der Waals surface area contributed by atoms with E-state index >= 15 is 0 Å². The van der Waals surface area contributed by atoms with Crippen LogP contribution in [0.4, 0.5) is 0 Å². The SMILES string of the molecule is COc1ccc(-n2cnc3c(Br)cccc32)cc1. The van der Waals surface area contributed by atoms with Crippen LogP contribution in [0.25, 0.3) is 16.7 Å². The van der Waals surface area contributed by atoms with E-state index in [0.717, 1.165) is 26.9 Å². The van der Waals surface area contributed by atoms with Crippen LogP contribution in [-0.4, -0.2) is 16.7 Å². The van der Waals surface area contributed by atoms with Gasteiger partial charge in [0.1, 0.15) is 17.6 Å². The van der Waals surface area contributed by atoms with Gasteiger partial charge in [-0.05, 0) is 52.3 Å². The highest BCUT2D eigenvalue weighted by molar-refractivity contribution is 9.10. The highest BCUT2D eigenvalue weighted by atomic mass is 79.9. The molecule has 0 atom stereocenters. The summed E-state index contributed by atoms with van der Waals surface area (Å²) in [5.41, 5.74) is 3.11. The molecular formula is C14H11BrN2O. The smallest absolute Gasteiger partial charge is 0.119 e. The minimum atomic E-state index is 0.851.